The molecule has 2 N–H and O–H groups in total. The van der Waals surface area contributed by atoms with Crippen LogP contribution in [-0.2, 0) is 6.18 Å². The molecule has 31 heavy (non-hydrogen) atoms. The number of alkyl halides is 3. The number of benzene rings is 2. The van der Waals surface area contributed by atoms with Crippen LogP contribution in [0.3, 0.4) is 0 Å². The van der Waals surface area contributed by atoms with Gasteiger partial charge in [-0.25, -0.2) is 14.4 Å². The summed E-state index contributed by atoms with van der Waals surface area (Å²) in [5, 5.41) is 12.4. The Hall–Kier alpha value is -3.33. The molecule has 0 fully saturated rings. The number of nitrogens with one attached hydrogen (secondary N) is 1. The van der Waals surface area contributed by atoms with Gasteiger partial charge in [-0.15, -0.1) is 0 Å². The first-order valence-corrected chi connectivity index (χ1v) is 9.26. The average molecular weight is 433 g/mol. The summed E-state index contributed by atoms with van der Waals surface area (Å²) in [7, 11) is 0. The van der Waals surface area contributed by atoms with Gasteiger partial charge in [0.25, 0.3) is 5.91 Å². The minimum Gasteiger partial charge on any atom is -0.389 e. The number of hydrogen-bond donors (Lipinski definition) is 2. The molecule has 9 heteroatoms. The largest absolute Gasteiger partial charge is 0.416 e. The molecule has 0 spiro atoms. The maximum absolute atomic E-state index is 13.7. The summed E-state index contributed by atoms with van der Waals surface area (Å²) in [5.74, 6) is -1.12. The molecule has 1 amide bonds. The molecule has 0 aliphatic heterocycles. The summed E-state index contributed by atoms with van der Waals surface area (Å²) in [6.07, 6.45) is -4.49. The lowest BCUT2D eigenvalue weighted by Gasteiger charge is -2.17. The lowest BCUT2D eigenvalue weighted by molar-refractivity contribution is -0.137. The van der Waals surface area contributed by atoms with E-state index in [0.29, 0.717) is 11.1 Å². The fraction of sp³-hybridized carbons (Fsp3) is 0.227. The van der Waals surface area contributed by atoms with Gasteiger partial charge in [-0.3, -0.25) is 4.79 Å². The van der Waals surface area contributed by atoms with Crippen LogP contribution >= 0.6 is 0 Å². The first kappa shape index (κ1) is 22.4. The lowest BCUT2D eigenvalue weighted by atomic mass is 10.1. The number of rotatable bonds is 5. The predicted molar refractivity (Wildman–Crippen MR) is 106 cm³/mol. The van der Waals surface area contributed by atoms with Gasteiger partial charge < -0.3 is 10.4 Å². The highest BCUT2D eigenvalue weighted by Gasteiger charge is 2.30. The monoisotopic (exact) mass is 433 g/mol. The number of aromatic nitrogens is 2. The maximum Gasteiger partial charge on any atom is 0.416 e. The highest BCUT2D eigenvalue weighted by Crippen LogP contribution is 2.31. The molecule has 0 bridgehead atoms. The van der Waals surface area contributed by atoms with Gasteiger partial charge in [0.2, 0.25) is 0 Å². The van der Waals surface area contributed by atoms with Gasteiger partial charge in [-0.1, -0.05) is 24.3 Å². The lowest BCUT2D eigenvalue weighted by Crippen LogP contribution is -2.38. The Bertz CT molecular complexity index is 1090. The molecule has 3 rings (SSSR count). The van der Waals surface area contributed by atoms with Crippen LogP contribution in [0.25, 0.3) is 22.6 Å². The molecule has 0 saturated heterocycles. The third-order valence-electron chi connectivity index (χ3n) is 4.23. The van der Waals surface area contributed by atoms with Crippen LogP contribution in [0.15, 0.2) is 54.6 Å². The van der Waals surface area contributed by atoms with Gasteiger partial charge in [0, 0.05) is 17.7 Å². The Morgan fingerprint density at radius 3 is 2.26 bits per heavy atom. The Morgan fingerprint density at radius 1 is 1.00 bits per heavy atom. The zero-order valence-corrected chi connectivity index (χ0v) is 16.7. The standard InChI is InChI=1S/C22H19F4N3O2/c1-21(2,31)12-27-20(30)18-11-17(13-6-8-15(9-7-13)22(24,25)26)28-19(29-18)14-4-3-5-16(23)10-14/h3-11,31H,12H2,1-2H3,(H,27,30). The third-order valence-corrected chi connectivity index (χ3v) is 4.23. The Balaban J connectivity index is 2.05. The van der Waals surface area contributed by atoms with E-state index in [9.17, 15) is 27.5 Å². The molecule has 2 aromatic carbocycles. The second kappa shape index (κ2) is 8.43. The number of amides is 1. The van der Waals surface area contributed by atoms with E-state index in [1.54, 1.807) is 6.07 Å². The van der Waals surface area contributed by atoms with E-state index >= 15 is 0 Å². The second-order valence-corrected chi connectivity index (χ2v) is 7.54. The zero-order valence-electron chi connectivity index (χ0n) is 16.7. The van der Waals surface area contributed by atoms with Crippen LogP contribution in [0.2, 0.25) is 0 Å². The van der Waals surface area contributed by atoms with Crippen LogP contribution in [0, 0.1) is 5.82 Å². The van der Waals surface area contributed by atoms with Crippen molar-refractivity contribution in [1.82, 2.24) is 15.3 Å². The van der Waals surface area contributed by atoms with Gasteiger partial charge in [-0.2, -0.15) is 13.2 Å². The van der Waals surface area contributed by atoms with Crippen molar-refractivity contribution in [2.45, 2.75) is 25.6 Å². The number of carbonyl (C=O) groups excluding carboxylic acids is 1. The van der Waals surface area contributed by atoms with E-state index in [4.69, 9.17) is 0 Å². The fourth-order valence-corrected chi connectivity index (χ4v) is 2.69. The Labute approximate surface area is 175 Å². The van der Waals surface area contributed by atoms with Crippen molar-refractivity contribution in [3.05, 3.63) is 71.7 Å². The quantitative estimate of drug-likeness (QED) is 0.583. The predicted octanol–water partition coefficient (Wildman–Crippen LogP) is 4.47. The maximum atomic E-state index is 13.7. The average Bonchev–Trinajstić information content (AvgIpc) is 2.70. The van der Waals surface area contributed by atoms with E-state index in [-0.39, 0.29) is 23.8 Å². The number of nitrogens with zero attached hydrogens (tertiary/aromatic N) is 2. The molecule has 162 valence electrons. The number of aliphatic hydroxyl groups is 1. The molecule has 5 nitrogen and oxygen atoms in total. The minimum absolute atomic E-state index is 0.0327. The summed E-state index contributed by atoms with van der Waals surface area (Å²) >= 11 is 0. The first-order chi connectivity index (χ1) is 14.4. The first-order valence-electron chi connectivity index (χ1n) is 9.26. The van der Waals surface area contributed by atoms with E-state index in [2.05, 4.69) is 15.3 Å². The third kappa shape index (κ3) is 5.85. The highest BCUT2D eigenvalue weighted by molar-refractivity contribution is 5.93. The van der Waals surface area contributed by atoms with Crippen LogP contribution < -0.4 is 5.32 Å². The smallest absolute Gasteiger partial charge is 0.389 e. The van der Waals surface area contributed by atoms with Crippen molar-refractivity contribution in [3.63, 3.8) is 0 Å². The second-order valence-electron chi connectivity index (χ2n) is 7.54. The summed E-state index contributed by atoms with van der Waals surface area (Å²) < 4.78 is 52.3. The SMILES string of the molecule is CC(C)(O)CNC(=O)c1cc(-c2ccc(C(F)(F)F)cc2)nc(-c2cccc(F)c2)n1. The van der Waals surface area contributed by atoms with Crippen molar-refractivity contribution < 1.29 is 27.5 Å². The molecule has 0 aliphatic rings. The molecule has 0 radical (unpaired) electrons. The molecule has 0 aliphatic carbocycles. The zero-order chi connectivity index (χ0) is 22.8. The Morgan fingerprint density at radius 2 is 1.68 bits per heavy atom. The summed E-state index contributed by atoms with van der Waals surface area (Å²) in [5.41, 5.74) is -1.25. The molecular weight excluding hydrogens is 414 g/mol. The molecule has 1 aromatic heterocycles. The van der Waals surface area contributed by atoms with Gasteiger partial charge >= 0.3 is 6.18 Å². The fourth-order valence-electron chi connectivity index (χ4n) is 2.69. The van der Waals surface area contributed by atoms with Crippen molar-refractivity contribution in [2.24, 2.45) is 0 Å². The summed E-state index contributed by atoms with van der Waals surface area (Å²) in [4.78, 5) is 21.1. The van der Waals surface area contributed by atoms with Crippen molar-refractivity contribution >= 4 is 5.91 Å². The Kier molecular flexibility index (Phi) is 6.08. The van der Waals surface area contributed by atoms with E-state index in [1.165, 1.54) is 50.2 Å². The van der Waals surface area contributed by atoms with Crippen molar-refractivity contribution in [2.75, 3.05) is 6.54 Å². The van der Waals surface area contributed by atoms with Crippen molar-refractivity contribution in [1.29, 1.82) is 0 Å². The summed E-state index contributed by atoms with van der Waals surface area (Å²) in [6, 6.07) is 11.0. The molecule has 0 saturated carbocycles. The van der Waals surface area contributed by atoms with Gasteiger partial charge in [0.15, 0.2) is 5.82 Å². The minimum atomic E-state index is -4.49. The van der Waals surface area contributed by atoms with Gasteiger partial charge in [0.1, 0.15) is 11.5 Å². The molecular formula is C22H19F4N3O2. The molecule has 3 aromatic rings. The van der Waals surface area contributed by atoms with Gasteiger partial charge in [0.05, 0.1) is 16.9 Å². The summed E-state index contributed by atoms with van der Waals surface area (Å²) in [6.45, 7) is 2.97. The van der Waals surface area contributed by atoms with E-state index < -0.39 is 29.1 Å². The normalized spacial score (nSPS) is 12.0. The van der Waals surface area contributed by atoms with E-state index in [0.717, 1.165) is 12.1 Å². The van der Waals surface area contributed by atoms with Crippen LogP contribution in [0.1, 0.15) is 29.9 Å². The van der Waals surface area contributed by atoms with Crippen LogP contribution in [0.5, 0.6) is 0 Å². The topological polar surface area (TPSA) is 75.1 Å². The van der Waals surface area contributed by atoms with Crippen LogP contribution in [0.4, 0.5) is 17.6 Å². The number of halogens is 4. The highest BCUT2D eigenvalue weighted by atomic mass is 19.4. The van der Waals surface area contributed by atoms with Crippen LogP contribution in [-0.4, -0.2) is 33.1 Å². The number of carbonyl (C=O) groups is 1. The van der Waals surface area contributed by atoms with Gasteiger partial charge in [-0.05, 0) is 44.2 Å². The molecule has 0 atom stereocenters. The molecule has 1 heterocycles. The number of hydrogen-bond acceptors (Lipinski definition) is 4. The van der Waals surface area contributed by atoms with E-state index in [1.807, 2.05) is 0 Å². The molecule has 0 unspecified atom stereocenters. The van der Waals surface area contributed by atoms with Crippen molar-refractivity contribution in [3.8, 4) is 22.6 Å².